The van der Waals surface area contributed by atoms with Crippen LogP contribution in [0.25, 0.3) is 10.9 Å². The number of likely N-dealkylation sites (N-methyl/N-ethyl adjacent to an activating group) is 1. The van der Waals surface area contributed by atoms with Gasteiger partial charge in [-0.2, -0.15) is 0 Å². The number of carbonyl (C=O) groups is 1. The van der Waals surface area contributed by atoms with Gasteiger partial charge in [0.05, 0.1) is 10.5 Å². The van der Waals surface area contributed by atoms with Crippen LogP contribution in [0.4, 0.5) is 4.79 Å². The molecular weight excluding hydrogens is 392 g/mol. The molecule has 3 rings (SSSR count). The van der Waals surface area contributed by atoms with Gasteiger partial charge in [0, 0.05) is 35.0 Å². The van der Waals surface area contributed by atoms with E-state index in [9.17, 15) is 4.79 Å². The zero-order chi connectivity index (χ0) is 20.3. The summed E-state index contributed by atoms with van der Waals surface area (Å²) in [7, 11) is 1.77. The highest BCUT2D eigenvalue weighted by molar-refractivity contribution is 7.99. The topological polar surface area (TPSA) is 45.3 Å². The lowest BCUT2D eigenvalue weighted by Gasteiger charge is -2.24. The number of rotatable bonds is 5. The molecule has 0 saturated carbocycles. The van der Waals surface area contributed by atoms with Crippen molar-refractivity contribution in [2.24, 2.45) is 0 Å². The molecule has 0 unspecified atom stereocenters. The number of ether oxygens (including phenoxy) is 1. The van der Waals surface area contributed by atoms with Crippen LogP contribution in [0.1, 0.15) is 26.3 Å². The van der Waals surface area contributed by atoms with Crippen LogP contribution in [0, 0.1) is 0 Å². The number of aromatic amines is 1. The first-order valence-electron chi connectivity index (χ1n) is 9.20. The third kappa shape index (κ3) is 5.03. The zero-order valence-electron chi connectivity index (χ0n) is 16.6. The Morgan fingerprint density at radius 3 is 2.64 bits per heavy atom. The van der Waals surface area contributed by atoms with E-state index in [0.29, 0.717) is 6.54 Å². The zero-order valence-corrected chi connectivity index (χ0v) is 18.2. The minimum absolute atomic E-state index is 0.302. The Morgan fingerprint density at radius 1 is 1.14 bits per heavy atom. The van der Waals surface area contributed by atoms with Crippen molar-refractivity contribution in [1.29, 1.82) is 0 Å². The number of nitrogens with zero attached hydrogens (tertiary/aromatic N) is 1. The molecule has 1 heterocycles. The van der Waals surface area contributed by atoms with Crippen molar-refractivity contribution in [3.8, 4) is 0 Å². The standard InChI is InChI=1S/C22H25ClN2O2S/c1-22(2,3)27-21(26)25(4)13-12-15-8-5-6-11-18(15)28-19-14-24-20-16(19)9-7-10-17(20)23/h5-11,14,24H,12-13H2,1-4H3. The minimum Gasteiger partial charge on any atom is -0.444 e. The number of hydrogen-bond donors (Lipinski definition) is 1. The van der Waals surface area contributed by atoms with Crippen molar-refractivity contribution in [1.82, 2.24) is 9.88 Å². The normalized spacial score (nSPS) is 11.6. The molecule has 2 aromatic carbocycles. The van der Waals surface area contributed by atoms with Crippen LogP contribution in [0.2, 0.25) is 5.02 Å². The molecule has 0 aliphatic carbocycles. The molecule has 0 aliphatic heterocycles. The summed E-state index contributed by atoms with van der Waals surface area (Å²) < 4.78 is 5.43. The number of amides is 1. The molecule has 0 aliphatic rings. The molecule has 0 atom stereocenters. The van der Waals surface area contributed by atoms with Crippen LogP contribution in [0.5, 0.6) is 0 Å². The average molecular weight is 417 g/mol. The molecule has 1 N–H and O–H groups in total. The molecule has 0 bridgehead atoms. The smallest absolute Gasteiger partial charge is 0.410 e. The highest BCUT2D eigenvalue weighted by Crippen LogP contribution is 2.37. The molecule has 0 radical (unpaired) electrons. The number of aromatic nitrogens is 1. The van der Waals surface area contributed by atoms with Gasteiger partial charge in [0.2, 0.25) is 0 Å². The molecule has 0 fully saturated rings. The quantitative estimate of drug-likeness (QED) is 0.524. The molecule has 148 valence electrons. The summed E-state index contributed by atoms with van der Waals surface area (Å²) in [6, 6.07) is 14.2. The van der Waals surface area contributed by atoms with Gasteiger partial charge in [-0.1, -0.05) is 53.7 Å². The van der Waals surface area contributed by atoms with Crippen LogP contribution in [-0.2, 0) is 11.2 Å². The van der Waals surface area contributed by atoms with E-state index in [4.69, 9.17) is 16.3 Å². The number of carbonyl (C=O) groups excluding carboxylic acids is 1. The number of halogens is 1. The highest BCUT2D eigenvalue weighted by atomic mass is 35.5. The van der Waals surface area contributed by atoms with Gasteiger partial charge in [-0.25, -0.2) is 4.79 Å². The number of fused-ring (bicyclic) bond motifs is 1. The minimum atomic E-state index is -0.490. The number of para-hydroxylation sites is 1. The van der Waals surface area contributed by atoms with E-state index in [1.165, 1.54) is 10.5 Å². The molecule has 0 saturated heterocycles. The molecule has 28 heavy (non-hydrogen) atoms. The fourth-order valence-electron chi connectivity index (χ4n) is 2.82. The summed E-state index contributed by atoms with van der Waals surface area (Å²) in [6.45, 7) is 6.21. The van der Waals surface area contributed by atoms with E-state index in [1.807, 2.05) is 51.2 Å². The number of benzene rings is 2. The Bertz CT molecular complexity index is 978. The Morgan fingerprint density at radius 2 is 1.89 bits per heavy atom. The van der Waals surface area contributed by atoms with Crippen LogP contribution >= 0.6 is 23.4 Å². The fourth-order valence-corrected chi connectivity index (χ4v) is 4.14. The molecule has 0 spiro atoms. The monoisotopic (exact) mass is 416 g/mol. The van der Waals surface area contributed by atoms with Crippen LogP contribution < -0.4 is 0 Å². The summed E-state index contributed by atoms with van der Waals surface area (Å²) in [5, 5.41) is 1.83. The largest absolute Gasteiger partial charge is 0.444 e. The first kappa shape index (κ1) is 20.6. The van der Waals surface area contributed by atoms with Crippen molar-refractivity contribution in [3.05, 3.63) is 59.2 Å². The summed E-state index contributed by atoms with van der Waals surface area (Å²) in [5.74, 6) is 0. The maximum Gasteiger partial charge on any atom is 0.410 e. The lowest BCUT2D eigenvalue weighted by molar-refractivity contribution is 0.0300. The molecule has 1 aromatic heterocycles. The molecular formula is C22H25ClN2O2S. The van der Waals surface area contributed by atoms with Crippen molar-refractivity contribution in [2.75, 3.05) is 13.6 Å². The molecule has 1 amide bonds. The van der Waals surface area contributed by atoms with Gasteiger partial charge in [0.25, 0.3) is 0 Å². The lowest BCUT2D eigenvalue weighted by Crippen LogP contribution is -2.35. The number of nitrogens with one attached hydrogen (secondary N) is 1. The SMILES string of the molecule is CN(CCc1ccccc1Sc1c[nH]c2c(Cl)cccc12)C(=O)OC(C)(C)C. The summed E-state index contributed by atoms with van der Waals surface area (Å²) >= 11 is 7.98. The molecule has 6 heteroatoms. The maximum absolute atomic E-state index is 12.2. The van der Waals surface area contributed by atoms with Gasteiger partial charge in [-0.3, -0.25) is 0 Å². The highest BCUT2D eigenvalue weighted by Gasteiger charge is 2.19. The fraction of sp³-hybridized carbons (Fsp3) is 0.318. The van der Waals surface area contributed by atoms with Gasteiger partial charge in [-0.15, -0.1) is 0 Å². The Kier molecular flexibility index (Phi) is 6.26. The lowest BCUT2D eigenvalue weighted by atomic mass is 10.1. The first-order chi connectivity index (χ1) is 13.2. The van der Waals surface area contributed by atoms with Crippen molar-refractivity contribution < 1.29 is 9.53 Å². The maximum atomic E-state index is 12.2. The number of hydrogen-bond acceptors (Lipinski definition) is 3. The van der Waals surface area contributed by atoms with Crippen molar-refractivity contribution >= 4 is 40.4 Å². The average Bonchev–Trinajstić information content (AvgIpc) is 3.03. The Labute approximate surface area is 175 Å². The van der Waals surface area contributed by atoms with E-state index in [1.54, 1.807) is 23.7 Å². The van der Waals surface area contributed by atoms with Gasteiger partial charge < -0.3 is 14.6 Å². The van der Waals surface area contributed by atoms with Crippen molar-refractivity contribution in [2.45, 2.75) is 42.6 Å². The Balaban J connectivity index is 1.73. The molecule has 3 aromatic rings. The van der Waals surface area contributed by atoms with Gasteiger partial charge >= 0.3 is 6.09 Å². The second kappa shape index (κ2) is 8.50. The second-order valence-corrected chi connectivity index (χ2v) is 9.17. The summed E-state index contributed by atoms with van der Waals surface area (Å²) in [6.07, 6.45) is 2.44. The third-order valence-electron chi connectivity index (χ3n) is 4.24. The summed E-state index contributed by atoms with van der Waals surface area (Å²) in [4.78, 5) is 19.4. The van der Waals surface area contributed by atoms with E-state index in [-0.39, 0.29) is 6.09 Å². The Hall–Kier alpha value is -2.11. The third-order valence-corrected chi connectivity index (χ3v) is 5.73. The first-order valence-corrected chi connectivity index (χ1v) is 10.4. The van der Waals surface area contributed by atoms with Gasteiger partial charge in [0.1, 0.15) is 5.60 Å². The van der Waals surface area contributed by atoms with Gasteiger partial charge in [0.15, 0.2) is 0 Å². The van der Waals surface area contributed by atoms with Crippen LogP contribution in [-0.4, -0.2) is 35.2 Å². The predicted octanol–water partition coefficient (Wildman–Crippen LogP) is 6.38. The van der Waals surface area contributed by atoms with E-state index >= 15 is 0 Å². The van der Waals surface area contributed by atoms with Crippen molar-refractivity contribution in [3.63, 3.8) is 0 Å². The number of H-pyrrole nitrogens is 1. The second-order valence-electron chi connectivity index (χ2n) is 7.68. The van der Waals surface area contributed by atoms with Gasteiger partial charge in [-0.05, 0) is 44.9 Å². The summed E-state index contributed by atoms with van der Waals surface area (Å²) in [5.41, 5.74) is 1.66. The van der Waals surface area contributed by atoms with Crippen LogP contribution in [0.3, 0.4) is 0 Å². The van der Waals surface area contributed by atoms with Crippen LogP contribution in [0.15, 0.2) is 58.5 Å². The van der Waals surface area contributed by atoms with E-state index < -0.39 is 5.60 Å². The van der Waals surface area contributed by atoms with E-state index in [2.05, 4.69) is 23.2 Å². The molecule has 4 nitrogen and oxygen atoms in total. The predicted molar refractivity (Wildman–Crippen MR) is 116 cm³/mol. The van der Waals surface area contributed by atoms with E-state index in [0.717, 1.165) is 27.2 Å².